The van der Waals surface area contributed by atoms with Gasteiger partial charge in [-0.15, -0.1) is 0 Å². The second kappa shape index (κ2) is 4.99. The number of hydrogen-bond donors (Lipinski definition) is 2. The Morgan fingerprint density at radius 1 is 1.50 bits per heavy atom. The van der Waals surface area contributed by atoms with Crippen LogP contribution in [-0.4, -0.2) is 26.2 Å². The Labute approximate surface area is 95.7 Å². The van der Waals surface area contributed by atoms with E-state index >= 15 is 0 Å². The van der Waals surface area contributed by atoms with Gasteiger partial charge in [-0.05, 0) is 24.1 Å². The van der Waals surface area contributed by atoms with E-state index in [1.807, 2.05) is 0 Å². The Kier molecular flexibility index (Phi) is 3.41. The fraction of sp³-hybridized carbons (Fsp3) is 0.417. The summed E-state index contributed by atoms with van der Waals surface area (Å²) < 4.78 is 5.10. The number of methoxy groups -OCH3 is 1. The van der Waals surface area contributed by atoms with Crippen molar-refractivity contribution in [1.29, 1.82) is 0 Å². The van der Waals surface area contributed by atoms with E-state index in [9.17, 15) is 0 Å². The predicted octanol–water partition coefficient (Wildman–Crippen LogP) is 1.51. The maximum absolute atomic E-state index is 5.10. The van der Waals surface area contributed by atoms with Gasteiger partial charge in [0.1, 0.15) is 0 Å². The number of nitrogens with one attached hydrogen (secondary N) is 2. The first-order valence-electron chi connectivity index (χ1n) is 5.43. The van der Waals surface area contributed by atoms with Crippen molar-refractivity contribution >= 4 is 11.6 Å². The van der Waals surface area contributed by atoms with Crippen LogP contribution < -0.4 is 10.6 Å². The third kappa shape index (κ3) is 2.52. The lowest BCUT2D eigenvalue weighted by atomic mass is 10.1. The minimum absolute atomic E-state index is 0.653. The highest BCUT2D eigenvalue weighted by molar-refractivity contribution is 5.95. The summed E-state index contributed by atoms with van der Waals surface area (Å²) in [5, 5.41) is 6.46. The third-order valence-corrected chi connectivity index (χ3v) is 2.53. The highest BCUT2D eigenvalue weighted by atomic mass is 16.5. The highest BCUT2D eigenvalue weighted by Crippen LogP contribution is 2.17. The molecule has 16 heavy (non-hydrogen) atoms. The second-order valence-electron chi connectivity index (χ2n) is 3.86. The number of anilines is 1. The van der Waals surface area contributed by atoms with Crippen LogP contribution in [0.15, 0.2) is 23.2 Å². The van der Waals surface area contributed by atoms with Crippen molar-refractivity contribution in [3.8, 4) is 0 Å². The molecule has 0 unspecified atom stereocenters. The molecule has 0 saturated carbocycles. The molecule has 1 heterocycles. The zero-order chi connectivity index (χ0) is 11.4. The quantitative estimate of drug-likeness (QED) is 0.810. The van der Waals surface area contributed by atoms with Crippen LogP contribution in [0.25, 0.3) is 0 Å². The van der Waals surface area contributed by atoms with Crippen LogP contribution in [0.3, 0.4) is 0 Å². The lowest BCUT2D eigenvalue weighted by Crippen LogP contribution is -2.26. The molecule has 0 aromatic heterocycles. The van der Waals surface area contributed by atoms with Gasteiger partial charge in [0.2, 0.25) is 0 Å². The van der Waals surface area contributed by atoms with Crippen LogP contribution in [0.5, 0.6) is 0 Å². The van der Waals surface area contributed by atoms with Crippen LogP contribution in [-0.2, 0) is 11.3 Å². The summed E-state index contributed by atoms with van der Waals surface area (Å²) in [4.78, 5) is 4.30. The Bertz CT molecular complexity index is 401. The van der Waals surface area contributed by atoms with Crippen LogP contribution in [0, 0.1) is 6.92 Å². The van der Waals surface area contributed by atoms with E-state index in [4.69, 9.17) is 4.74 Å². The largest absolute Gasteiger partial charge is 0.380 e. The van der Waals surface area contributed by atoms with Gasteiger partial charge in [-0.2, -0.15) is 0 Å². The van der Waals surface area contributed by atoms with Crippen molar-refractivity contribution in [1.82, 2.24) is 5.32 Å². The zero-order valence-electron chi connectivity index (χ0n) is 9.71. The molecule has 0 bridgehead atoms. The first-order valence-corrected chi connectivity index (χ1v) is 5.43. The fourth-order valence-electron chi connectivity index (χ4n) is 1.73. The van der Waals surface area contributed by atoms with Gasteiger partial charge in [-0.25, -0.2) is 0 Å². The minimum Gasteiger partial charge on any atom is -0.380 e. The summed E-state index contributed by atoms with van der Waals surface area (Å²) in [6.07, 6.45) is 0. The van der Waals surface area contributed by atoms with Gasteiger partial charge in [0.25, 0.3) is 0 Å². The van der Waals surface area contributed by atoms with Gasteiger partial charge in [0, 0.05) is 19.3 Å². The molecule has 0 fully saturated rings. The molecule has 0 atom stereocenters. The minimum atomic E-state index is 0.653. The first kappa shape index (κ1) is 11.0. The summed E-state index contributed by atoms with van der Waals surface area (Å²) in [6.45, 7) is 4.50. The molecule has 1 aromatic carbocycles. The molecule has 0 saturated heterocycles. The smallest absolute Gasteiger partial charge is 0.195 e. The molecule has 1 aliphatic heterocycles. The first-order chi connectivity index (χ1) is 7.79. The van der Waals surface area contributed by atoms with E-state index in [1.54, 1.807) is 7.11 Å². The number of hydrogen-bond acceptors (Lipinski definition) is 4. The van der Waals surface area contributed by atoms with Crippen molar-refractivity contribution in [3.05, 3.63) is 29.3 Å². The molecule has 0 amide bonds. The van der Waals surface area contributed by atoms with Crippen molar-refractivity contribution in [3.63, 3.8) is 0 Å². The average molecular weight is 219 g/mol. The maximum Gasteiger partial charge on any atom is 0.195 e. The van der Waals surface area contributed by atoms with Crippen molar-refractivity contribution < 1.29 is 4.74 Å². The number of aryl methyl sites for hydroxylation is 1. The van der Waals surface area contributed by atoms with Crippen LogP contribution >= 0.6 is 0 Å². The van der Waals surface area contributed by atoms with E-state index in [-0.39, 0.29) is 0 Å². The molecule has 0 spiro atoms. The summed E-state index contributed by atoms with van der Waals surface area (Å²) in [5.74, 6) is 0.864. The lowest BCUT2D eigenvalue weighted by Gasteiger charge is -2.11. The van der Waals surface area contributed by atoms with Crippen LogP contribution in [0.1, 0.15) is 11.1 Å². The standard InChI is InChI=1S/C12H17N3O/c1-9-7-10(8-16-2)3-4-11(9)15-12-13-5-6-14-12/h3-4,7H,5-6,8H2,1-2H3,(H2,13,14,15). The SMILES string of the molecule is COCc1ccc(NC2=NCCN2)c(C)c1. The topological polar surface area (TPSA) is 45.6 Å². The molecule has 4 heteroatoms. The van der Waals surface area contributed by atoms with E-state index in [1.165, 1.54) is 11.1 Å². The molecule has 86 valence electrons. The monoisotopic (exact) mass is 219 g/mol. The normalized spacial score (nSPS) is 14.5. The van der Waals surface area contributed by atoms with Gasteiger partial charge in [-0.3, -0.25) is 4.99 Å². The Morgan fingerprint density at radius 2 is 2.38 bits per heavy atom. The van der Waals surface area contributed by atoms with Crippen LogP contribution in [0.4, 0.5) is 5.69 Å². The zero-order valence-corrected chi connectivity index (χ0v) is 9.71. The number of benzene rings is 1. The fourth-order valence-corrected chi connectivity index (χ4v) is 1.73. The van der Waals surface area contributed by atoms with Crippen molar-refractivity contribution in [2.75, 3.05) is 25.5 Å². The lowest BCUT2D eigenvalue weighted by molar-refractivity contribution is 0.185. The predicted molar refractivity (Wildman–Crippen MR) is 65.8 cm³/mol. The molecule has 0 radical (unpaired) electrons. The average Bonchev–Trinajstić information content (AvgIpc) is 2.75. The number of ether oxygens (including phenoxy) is 1. The number of rotatable bonds is 3. The Balaban J connectivity index is 2.09. The molecular formula is C12H17N3O. The van der Waals surface area contributed by atoms with E-state index in [0.717, 1.165) is 24.7 Å². The van der Waals surface area contributed by atoms with Gasteiger partial charge in [0.15, 0.2) is 5.96 Å². The molecule has 1 aromatic rings. The van der Waals surface area contributed by atoms with Gasteiger partial charge >= 0.3 is 0 Å². The molecule has 2 rings (SSSR count). The van der Waals surface area contributed by atoms with E-state index in [2.05, 4.69) is 40.7 Å². The van der Waals surface area contributed by atoms with E-state index in [0.29, 0.717) is 6.61 Å². The molecule has 1 aliphatic rings. The van der Waals surface area contributed by atoms with E-state index < -0.39 is 0 Å². The summed E-state index contributed by atoms with van der Waals surface area (Å²) in [7, 11) is 1.71. The summed E-state index contributed by atoms with van der Waals surface area (Å²) >= 11 is 0. The van der Waals surface area contributed by atoms with Gasteiger partial charge < -0.3 is 15.4 Å². The third-order valence-electron chi connectivity index (χ3n) is 2.53. The van der Waals surface area contributed by atoms with Crippen molar-refractivity contribution in [2.45, 2.75) is 13.5 Å². The Morgan fingerprint density at radius 3 is 3.00 bits per heavy atom. The molecule has 2 N–H and O–H groups in total. The molecule has 4 nitrogen and oxygen atoms in total. The maximum atomic E-state index is 5.10. The van der Waals surface area contributed by atoms with Gasteiger partial charge in [-0.1, -0.05) is 12.1 Å². The van der Waals surface area contributed by atoms with Crippen LogP contribution in [0.2, 0.25) is 0 Å². The Hall–Kier alpha value is -1.55. The van der Waals surface area contributed by atoms with Gasteiger partial charge in [0.05, 0.1) is 13.2 Å². The van der Waals surface area contributed by atoms with Crippen molar-refractivity contribution in [2.24, 2.45) is 4.99 Å². The number of aliphatic imine (C=N–C) groups is 1. The summed E-state index contributed by atoms with van der Waals surface area (Å²) in [6, 6.07) is 6.25. The number of guanidine groups is 1. The second-order valence-corrected chi connectivity index (χ2v) is 3.86. The molecule has 0 aliphatic carbocycles. The molecular weight excluding hydrogens is 202 g/mol. The number of nitrogens with zero attached hydrogens (tertiary/aromatic N) is 1. The highest BCUT2D eigenvalue weighted by Gasteiger charge is 2.06. The summed E-state index contributed by atoms with van der Waals surface area (Å²) in [5.41, 5.74) is 3.48.